The Labute approximate surface area is 391 Å². The second-order valence-electron chi connectivity index (χ2n) is 23.4. The molecule has 0 bridgehead atoms. The van der Waals surface area contributed by atoms with Crippen molar-refractivity contribution >= 4 is 15.8 Å². The van der Waals surface area contributed by atoms with Gasteiger partial charge in [-0.2, -0.15) is 5.10 Å². The third-order valence-corrected chi connectivity index (χ3v) is 21.7. The van der Waals surface area contributed by atoms with Crippen molar-refractivity contribution in [3.63, 3.8) is 0 Å². The molecule has 65 heavy (non-hydrogen) atoms. The van der Waals surface area contributed by atoms with E-state index >= 15 is 0 Å². The van der Waals surface area contributed by atoms with E-state index in [1.54, 1.807) is 4.68 Å². The van der Waals surface area contributed by atoms with E-state index in [1.165, 1.54) is 68.1 Å². The van der Waals surface area contributed by atoms with Crippen molar-refractivity contribution in [1.82, 2.24) is 20.0 Å². The number of aromatic nitrogens is 2. The molecule has 9 rings (SSSR count). The highest BCUT2D eigenvalue weighted by atomic mass is 32.2. The van der Waals surface area contributed by atoms with Gasteiger partial charge in [-0.25, -0.2) is 13.1 Å². The summed E-state index contributed by atoms with van der Waals surface area (Å²) in [5, 5.41) is 8.96. The molecule has 1 aromatic carbocycles. The molecule has 2 heterocycles. The minimum atomic E-state index is -2.88. The summed E-state index contributed by atoms with van der Waals surface area (Å²) in [5.74, 6) is 4.14. The summed E-state index contributed by atoms with van der Waals surface area (Å²) >= 11 is 0. The number of sulfone groups is 1. The molecular formula is C55H80N4O5S. The second kappa shape index (κ2) is 17.1. The summed E-state index contributed by atoms with van der Waals surface area (Å²) in [5.41, 5.74) is 6.32. The lowest BCUT2D eigenvalue weighted by Gasteiger charge is -2.72. The first-order valence-electron chi connectivity index (χ1n) is 25.4. The summed E-state index contributed by atoms with van der Waals surface area (Å²) in [7, 11) is -0.981. The molecular weight excluding hydrogens is 829 g/mol. The van der Waals surface area contributed by atoms with Crippen molar-refractivity contribution in [2.24, 2.45) is 63.7 Å². The number of carbonyl (C=O) groups excluding carboxylic acids is 1. The number of fused-ring (bicyclic) bond motifs is 7. The van der Waals surface area contributed by atoms with Crippen molar-refractivity contribution in [1.29, 1.82) is 0 Å². The summed E-state index contributed by atoms with van der Waals surface area (Å²) in [4.78, 5) is 16.2. The number of nitrogens with one attached hydrogen (secondary N) is 1. The molecule has 4 saturated carbocycles. The molecule has 1 aromatic heterocycles. The number of esters is 1. The molecule has 5 fully saturated rings. The molecule has 0 amide bonds. The lowest BCUT2D eigenvalue weighted by atomic mass is 9.33. The maximum Gasteiger partial charge on any atom is 0.315 e. The van der Waals surface area contributed by atoms with Crippen molar-refractivity contribution in [3.8, 4) is 17.1 Å². The fraction of sp³-hybridized carbons (Fsp3) is 0.709. The normalized spacial score (nSPS) is 38.6. The Bertz CT molecular complexity index is 2300. The Morgan fingerprint density at radius 2 is 1.66 bits per heavy atom. The van der Waals surface area contributed by atoms with Gasteiger partial charge < -0.3 is 19.7 Å². The molecule has 1 aliphatic heterocycles. The summed E-state index contributed by atoms with van der Waals surface area (Å²) in [6, 6.07) is 12.1. The average molecular weight is 909 g/mol. The number of allylic oxidation sites excluding steroid dienone is 5. The highest BCUT2D eigenvalue weighted by Crippen LogP contribution is 2.76. The molecule has 10 heteroatoms. The van der Waals surface area contributed by atoms with Crippen molar-refractivity contribution in [3.05, 3.63) is 71.8 Å². The third kappa shape index (κ3) is 7.83. The molecule has 0 spiro atoms. The highest BCUT2D eigenvalue weighted by Gasteiger charge is 2.70. The van der Waals surface area contributed by atoms with Gasteiger partial charge >= 0.3 is 5.97 Å². The number of hydrogen-bond acceptors (Lipinski definition) is 8. The van der Waals surface area contributed by atoms with Gasteiger partial charge in [0.15, 0.2) is 9.84 Å². The van der Waals surface area contributed by atoms with Gasteiger partial charge in [-0.1, -0.05) is 89.3 Å². The van der Waals surface area contributed by atoms with Crippen LogP contribution in [0.4, 0.5) is 0 Å². The van der Waals surface area contributed by atoms with Crippen LogP contribution in [0.1, 0.15) is 126 Å². The fourth-order valence-electron chi connectivity index (χ4n) is 16.4. The molecule has 6 aliphatic carbocycles. The molecule has 1 N–H and O–H groups in total. The largest absolute Gasteiger partial charge is 0.477 e. The van der Waals surface area contributed by atoms with Crippen LogP contribution < -0.4 is 10.1 Å². The Kier molecular flexibility index (Phi) is 12.3. The average Bonchev–Trinajstić information content (AvgIpc) is 3.85. The van der Waals surface area contributed by atoms with Crippen LogP contribution in [0.15, 0.2) is 71.8 Å². The maximum atomic E-state index is 13.8. The Morgan fingerprint density at radius 1 is 0.908 bits per heavy atom. The molecule has 0 radical (unpaired) electrons. The molecule has 10 atom stereocenters. The number of hydrogen-bond donors (Lipinski definition) is 1. The number of nitrogens with zero attached hydrogens (tertiary/aromatic N) is 3. The molecule has 1 saturated heterocycles. The van der Waals surface area contributed by atoms with Gasteiger partial charge in [0, 0.05) is 50.4 Å². The van der Waals surface area contributed by atoms with E-state index < -0.39 is 15.3 Å². The zero-order valence-corrected chi connectivity index (χ0v) is 42.0. The Morgan fingerprint density at radius 3 is 2.35 bits per heavy atom. The number of ether oxygens (including phenoxy) is 2. The fourth-order valence-corrected chi connectivity index (χ4v) is 17.7. The number of aryl methyl sites for hydroxylation is 1. The van der Waals surface area contributed by atoms with Gasteiger partial charge in [-0.05, 0) is 153 Å². The third-order valence-electron chi connectivity index (χ3n) is 20.1. The van der Waals surface area contributed by atoms with E-state index in [-0.39, 0.29) is 39.8 Å². The van der Waals surface area contributed by atoms with E-state index in [9.17, 15) is 13.2 Å². The lowest BCUT2D eigenvalue weighted by molar-refractivity contribution is -0.221. The van der Waals surface area contributed by atoms with Crippen LogP contribution in [0.5, 0.6) is 5.88 Å². The Hall–Kier alpha value is -3.21. The van der Waals surface area contributed by atoms with Crippen molar-refractivity contribution in [2.75, 3.05) is 50.9 Å². The predicted octanol–water partition coefficient (Wildman–Crippen LogP) is 10.4. The van der Waals surface area contributed by atoms with Crippen LogP contribution in [0.3, 0.4) is 0 Å². The summed E-state index contributed by atoms with van der Waals surface area (Å²) < 4.78 is 38.3. The standard InChI is InChI=1S/C55H80N4O5S/c1-10-63-49(60)54(37-64-47-36-44(57-58(47)9)40-14-12-11-13-15-40)25-18-39(19-26-54)42-21-23-51(6)45(50(42,4)5)22-24-53(8)46(51)17-16-43-48-41(38(2)3)20-27-55(48,29-28-52(43,53)7)56-30-31-59-32-34-65(61,62)35-33-59/h11-15,18,21,36,41,43,45-46,48,56H,2,10,16-17,19-20,22-35,37H2,1,3-9H3/t41-,43+,45?,46?,48?,51-,52+,53+,54?,55-/m0/s1. The number of rotatable bonds is 12. The quantitative estimate of drug-likeness (QED) is 0.166. The topological polar surface area (TPSA) is 103 Å². The highest BCUT2D eigenvalue weighted by molar-refractivity contribution is 7.91. The first-order valence-corrected chi connectivity index (χ1v) is 27.3. The van der Waals surface area contributed by atoms with Gasteiger partial charge in [0.2, 0.25) is 5.88 Å². The van der Waals surface area contributed by atoms with Gasteiger partial charge in [0.05, 0.1) is 23.8 Å². The molecule has 4 unspecified atom stereocenters. The van der Waals surface area contributed by atoms with Crippen LogP contribution in [0.2, 0.25) is 0 Å². The van der Waals surface area contributed by atoms with Gasteiger partial charge in [0.25, 0.3) is 0 Å². The zero-order valence-electron chi connectivity index (χ0n) is 41.1. The zero-order chi connectivity index (χ0) is 46.2. The van der Waals surface area contributed by atoms with E-state index in [2.05, 4.69) is 70.5 Å². The van der Waals surface area contributed by atoms with Crippen LogP contribution >= 0.6 is 0 Å². The van der Waals surface area contributed by atoms with E-state index in [1.807, 2.05) is 50.4 Å². The van der Waals surface area contributed by atoms with E-state index in [0.717, 1.165) is 37.2 Å². The lowest BCUT2D eigenvalue weighted by Crippen LogP contribution is -2.68. The van der Waals surface area contributed by atoms with E-state index in [4.69, 9.17) is 14.6 Å². The molecule has 7 aliphatic rings. The Balaban J connectivity index is 0.926. The predicted molar refractivity (Wildman–Crippen MR) is 261 cm³/mol. The number of carbonyl (C=O) groups is 1. The molecule has 9 nitrogen and oxygen atoms in total. The second-order valence-corrected chi connectivity index (χ2v) is 25.7. The van der Waals surface area contributed by atoms with Crippen molar-refractivity contribution < 1.29 is 22.7 Å². The SMILES string of the molecule is C=C(C)[C@@H]1CC[C@]2(NCCN3CCS(=O)(=O)CC3)CC[C@]3(C)[C@H](CCC4[C@@]5(C)CC=C(C6=CCC(COc7cc(-c8ccccc8)nn7C)(C(=O)OCC)CC6)C(C)(C)C5CC[C@]43C)C12. The van der Waals surface area contributed by atoms with Crippen LogP contribution in [-0.4, -0.2) is 85.5 Å². The summed E-state index contributed by atoms with van der Waals surface area (Å²) in [6.45, 7) is 25.9. The van der Waals surface area contributed by atoms with Crippen LogP contribution in [-0.2, 0) is 26.4 Å². The minimum Gasteiger partial charge on any atom is -0.477 e. The number of benzene rings is 1. The smallest absolute Gasteiger partial charge is 0.315 e. The first kappa shape index (κ1) is 46.9. The van der Waals surface area contributed by atoms with Crippen molar-refractivity contribution in [2.45, 2.75) is 131 Å². The minimum absolute atomic E-state index is 0.0155. The first-order chi connectivity index (χ1) is 30.8. The monoisotopic (exact) mass is 909 g/mol. The molecule has 2 aromatic rings. The van der Waals surface area contributed by atoms with Crippen LogP contribution in [0.25, 0.3) is 11.3 Å². The van der Waals surface area contributed by atoms with Gasteiger partial charge in [-0.15, -0.1) is 0 Å². The van der Waals surface area contributed by atoms with Crippen LogP contribution in [0, 0.1) is 56.7 Å². The van der Waals surface area contributed by atoms with Gasteiger partial charge in [-0.3, -0.25) is 4.79 Å². The van der Waals surface area contributed by atoms with Gasteiger partial charge in [0.1, 0.15) is 12.0 Å². The maximum absolute atomic E-state index is 13.8. The molecule has 356 valence electrons. The summed E-state index contributed by atoms with van der Waals surface area (Å²) in [6.07, 6.45) is 18.4. The van der Waals surface area contributed by atoms with E-state index in [0.29, 0.717) is 79.5 Å².